The predicted molar refractivity (Wildman–Crippen MR) is 89.3 cm³/mol. The average molecular weight is 333 g/mol. The maximum absolute atomic E-state index is 6.03. The Morgan fingerprint density at radius 3 is 2.65 bits per heavy atom. The standard InChI is InChI=1S/C15H19N5O2S/c16-14-15(18-23-17-14)20-7-5-19(6-8-20)9-11-10-21-12-3-1-2-4-13(12)22-11/h1-4,11H,5-10H2,(H2,16,17)/t11-/m0/s1. The number of hydrogen-bond acceptors (Lipinski definition) is 8. The van der Waals surface area contributed by atoms with E-state index in [-0.39, 0.29) is 6.10 Å². The molecule has 23 heavy (non-hydrogen) atoms. The van der Waals surface area contributed by atoms with Crippen LogP contribution in [-0.4, -0.2) is 59.1 Å². The van der Waals surface area contributed by atoms with Crippen LogP contribution in [0, 0.1) is 0 Å². The number of nitrogen functional groups attached to an aromatic ring is 1. The van der Waals surface area contributed by atoms with E-state index in [0.29, 0.717) is 12.4 Å². The summed E-state index contributed by atoms with van der Waals surface area (Å²) >= 11 is 1.17. The minimum absolute atomic E-state index is 0.0717. The number of anilines is 2. The van der Waals surface area contributed by atoms with Gasteiger partial charge in [0.05, 0.1) is 11.7 Å². The van der Waals surface area contributed by atoms with E-state index in [2.05, 4.69) is 18.5 Å². The Morgan fingerprint density at radius 2 is 1.91 bits per heavy atom. The smallest absolute Gasteiger partial charge is 0.186 e. The molecule has 7 nitrogen and oxygen atoms in total. The van der Waals surface area contributed by atoms with E-state index in [0.717, 1.165) is 50.0 Å². The van der Waals surface area contributed by atoms with Crippen molar-refractivity contribution in [1.29, 1.82) is 0 Å². The minimum atomic E-state index is 0.0717. The van der Waals surface area contributed by atoms with Gasteiger partial charge in [-0.15, -0.1) is 0 Å². The Labute approximate surface area is 138 Å². The molecule has 0 aliphatic carbocycles. The molecular formula is C15H19N5O2S. The summed E-state index contributed by atoms with van der Waals surface area (Å²) in [4.78, 5) is 4.59. The van der Waals surface area contributed by atoms with E-state index < -0.39 is 0 Å². The lowest BCUT2D eigenvalue weighted by molar-refractivity contribution is 0.0571. The summed E-state index contributed by atoms with van der Waals surface area (Å²) in [6.45, 7) is 5.18. The predicted octanol–water partition coefficient (Wildman–Crippen LogP) is 1.08. The molecule has 122 valence electrons. The fourth-order valence-corrected chi connectivity index (χ4v) is 3.49. The van der Waals surface area contributed by atoms with E-state index in [1.807, 2.05) is 24.3 Å². The maximum atomic E-state index is 6.03. The zero-order chi connectivity index (χ0) is 15.6. The number of fused-ring (bicyclic) bond motifs is 1. The van der Waals surface area contributed by atoms with Crippen LogP contribution in [0.25, 0.3) is 0 Å². The van der Waals surface area contributed by atoms with Gasteiger partial charge in [0.25, 0.3) is 0 Å². The summed E-state index contributed by atoms with van der Waals surface area (Å²) in [7, 11) is 0. The number of rotatable bonds is 3. The lowest BCUT2D eigenvalue weighted by Gasteiger charge is -2.37. The van der Waals surface area contributed by atoms with Crippen molar-refractivity contribution < 1.29 is 9.47 Å². The van der Waals surface area contributed by atoms with Gasteiger partial charge in [-0.3, -0.25) is 4.90 Å². The van der Waals surface area contributed by atoms with Crippen molar-refractivity contribution >= 4 is 23.4 Å². The van der Waals surface area contributed by atoms with E-state index in [1.165, 1.54) is 11.7 Å². The third-order valence-electron chi connectivity index (χ3n) is 4.20. The Hall–Kier alpha value is -2.06. The van der Waals surface area contributed by atoms with Gasteiger partial charge in [-0.25, -0.2) is 0 Å². The third-order valence-corrected chi connectivity index (χ3v) is 4.73. The lowest BCUT2D eigenvalue weighted by Crippen LogP contribution is -2.51. The average Bonchev–Trinajstić information content (AvgIpc) is 3.02. The molecule has 4 rings (SSSR count). The van der Waals surface area contributed by atoms with Gasteiger partial charge in [-0.1, -0.05) is 12.1 Å². The first-order valence-electron chi connectivity index (χ1n) is 7.73. The van der Waals surface area contributed by atoms with Crippen molar-refractivity contribution in [2.45, 2.75) is 6.10 Å². The van der Waals surface area contributed by atoms with Crippen LogP contribution < -0.4 is 20.1 Å². The lowest BCUT2D eigenvalue weighted by atomic mass is 10.2. The van der Waals surface area contributed by atoms with Gasteiger partial charge in [0.1, 0.15) is 12.7 Å². The van der Waals surface area contributed by atoms with Gasteiger partial charge in [0, 0.05) is 32.7 Å². The topological polar surface area (TPSA) is 76.7 Å². The summed E-state index contributed by atoms with van der Waals surface area (Å²) in [5, 5.41) is 0. The second-order valence-electron chi connectivity index (χ2n) is 5.76. The second kappa shape index (κ2) is 6.21. The molecule has 8 heteroatoms. The first-order valence-corrected chi connectivity index (χ1v) is 8.46. The molecule has 2 aliphatic heterocycles. The van der Waals surface area contributed by atoms with Crippen molar-refractivity contribution in [3.63, 3.8) is 0 Å². The van der Waals surface area contributed by atoms with E-state index in [1.54, 1.807) is 0 Å². The summed E-state index contributed by atoms with van der Waals surface area (Å²) in [5.41, 5.74) is 5.85. The van der Waals surface area contributed by atoms with Crippen LogP contribution >= 0.6 is 11.7 Å². The monoisotopic (exact) mass is 333 g/mol. The number of hydrogen-bond donors (Lipinski definition) is 1. The van der Waals surface area contributed by atoms with Crippen LogP contribution in [-0.2, 0) is 0 Å². The fourth-order valence-electron chi connectivity index (χ4n) is 2.99. The van der Waals surface area contributed by atoms with Crippen molar-refractivity contribution in [1.82, 2.24) is 13.6 Å². The number of nitrogens with two attached hydrogens (primary N) is 1. The molecule has 3 heterocycles. The van der Waals surface area contributed by atoms with Gasteiger partial charge in [-0.05, 0) is 12.1 Å². The molecule has 1 atom stereocenters. The summed E-state index contributed by atoms with van der Waals surface area (Å²) in [6.07, 6.45) is 0.0717. The number of nitrogens with zero attached hydrogens (tertiary/aromatic N) is 4. The molecule has 2 aromatic rings. The van der Waals surface area contributed by atoms with Crippen molar-refractivity contribution in [2.24, 2.45) is 0 Å². The zero-order valence-corrected chi connectivity index (χ0v) is 13.5. The van der Waals surface area contributed by atoms with Crippen LogP contribution in [0.2, 0.25) is 0 Å². The van der Waals surface area contributed by atoms with E-state index in [4.69, 9.17) is 15.2 Å². The molecule has 0 radical (unpaired) electrons. The molecule has 0 amide bonds. The van der Waals surface area contributed by atoms with Gasteiger partial charge in [-0.2, -0.15) is 8.75 Å². The Morgan fingerprint density at radius 1 is 1.13 bits per heavy atom. The van der Waals surface area contributed by atoms with Crippen molar-refractivity contribution in [3.8, 4) is 11.5 Å². The molecule has 2 aliphatic rings. The Kier molecular flexibility index (Phi) is 3.92. The summed E-state index contributed by atoms with van der Waals surface area (Å²) in [6, 6.07) is 7.82. The number of ether oxygens (including phenoxy) is 2. The van der Waals surface area contributed by atoms with Crippen molar-refractivity contribution in [3.05, 3.63) is 24.3 Å². The van der Waals surface area contributed by atoms with Crippen LogP contribution in [0.4, 0.5) is 11.6 Å². The summed E-state index contributed by atoms with van der Waals surface area (Å²) in [5.74, 6) is 3.02. The quantitative estimate of drug-likeness (QED) is 0.901. The summed E-state index contributed by atoms with van der Waals surface area (Å²) < 4.78 is 20.1. The minimum Gasteiger partial charge on any atom is -0.486 e. The third kappa shape index (κ3) is 3.04. The SMILES string of the molecule is Nc1nsnc1N1CCN(C[C@H]2COc3ccccc3O2)CC1. The second-order valence-corrected chi connectivity index (χ2v) is 6.29. The van der Waals surface area contributed by atoms with Crippen LogP contribution in [0.15, 0.2) is 24.3 Å². The number of aromatic nitrogens is 2. The highest BCUT2D eigenvalue weighted by atomic mass is 32.1. The highest BCUT2D eigenvalue weighted by Gasteiger charge is 2.26. The molecular weight excluding hydrogens is 314 g/mol. The molecule has 0 unspecified atom stereocenters. The molecule has 1 aromatic heterocycles. The molecule has 1 aromatic carbocycles. The zero-order valence-electron chi connectivity index (χ0n) is 12.7. The molecule has 0 saturated carbocycles. The molecule has 1 fully saturated rings. The van der Waals surface area contributed by atoms with Crippen LogP contribution in [0.1, 0.15) is 0 Å². The first kappa shape index (κ1) is 14.5. The van der Waals surface area contributed by atoms with Gasteiger partial charge in [0.15, 0.2) is 23.1 Å². The molecule has 0 bridgehead atoms. The number of benzene rings is 1. The molecule has 1 saturated heterocycles. The highest BCUT2D eigenvalue weighted by Crippen LogP contribution is 2.31. The molecule has 2 N–H and O–H groups in total. The van der Waals surface area contributed by atoms with Crippen molar-refractivity contribution in [2.75, 3.05) is 50.0 Å². The van der Waals surface area contributed by atoms with Gasteiger partial charge >= 0.3 is 0 Å². The van der Waals surface area contributed by atoms with Gasteiger partial charge < -0.3 is 20.1 Å². The van der Waals surface area contributed by atoms with Gasteiger partial charge in [0.2, 0.25) is 0 Å². The van der Waals surface area contributed by atoms with Crippen LogP contribution in [0.5, 0.6) is 11.5 Å². The Bertz CT molecular complexity index is 671. The van der Waals surface area contributed by atoms with E-state index >= 15 is 0 Å². The van der Waals surface area contributed by atoms with E-state index in [9.17, 15) is 0 Å². The Balaban J connectivity index is 1.31. The molecule has 0 spiro atoms. The number of para-hydroxylation sites is 2. The van der Waals surface area contributed by atoms with Crippen LogP contribution in [0.3, 0.4) is 0 Å². The highest BCUT2D eigenvalue weighted by molar-refractivity contribution is 6.99. The number of piperazine rings is 1. The largest absolute Gasteiger partial charge is 0.486 e. The normalized spacial score (nSPS) is 21.4. The fraction of sp³-hybridized carbons (Fsp3) is 0.467. The maximum Gasteiger partial charge on any atom is 0.186 e. The first-order chi connectivity index (χ1) is 11.3.